The number of likely N-dealkylation sites (N-methyl/N-ethyl adjacent to an activating group) is 1. The number of aliphatic hydroxyl groups is 1. The van der Waals surface area contributed by atoms with Gasteiger partial charge in [-0.25, -0.2) is 0 Å². The molecule has 2 heterocycles. The highest BCUT2D eigenvalue weighted by Gasteiger charge is 2.80. The molecule has 4 aliphatic carbocycles. The van der Waals surface area contributed by atoms with E-state index in [0.717, 1.165) is 38.6 Å². The summed E-state index contributed by atoms with van der Waals surface area (Å²) >= 11 is 0. The summed E-state index contributed by atoms with van der Waals surface area (Å²) in [6, 6.07) is 4.23. The van der Waals surface area contributed by atoms with E-state index < -0.39 is 11.2 Å². The molecule has 1 aromatic rings. The number of halogens is 1. The number of piperidine rings is 1. The SMILES string of the molecule is CCCC(C)(O)C1C[C@@]23C=CC1(OC)C1Oc4c(O)ccc5c4[C@@]12CCN(C)[C@@H]3C5.Cl. The summed E-state index contributed by atoms with van der Waals surface area (Å²) in [5.41, 5.74) is 0.625. The van der Waals surface area contributed by atoms with Gasteiger partial charge in [0, 0.05) is 30.0 Å². The molecule has 1 saturated carbocycles. The standard InChI is InChI=1S/C25H33NO4.ClH/c1-5-8-22(2,28)17-14-23-9-10-25(17,29-4)21-24(23)11-12-26(3)18(23)13-15-6-7-16(27)20(30-21)19(15)24;/h6-7,9-10,17-18,21,27-28H,5,8,11-14H2,1-4H3;1H/t17?,18-,21?,22?,23-,24+,25?;/m1./s1. The molecule has 7 atom stereocenters. The van der Waals surface area contributed by atoms with Crippen molar-refractivity contribution in [3.8, 4) is 11.5 Å². The van der Waals surface area contributed by atoms with Crippen molar-refractivity contribution in [3.05, 3.63) is 35.4 Å². The lowest BCUT2D eigenvalue weighted by atomic mass is 9.36. The first-order valence-electron chi connectivity index (χ1n) is 11.5. The minimum Gasteiger partial charge on any atom is -0.504 e. The van der Waals surface area contributed by atoms with E-state index in [9.17, 15) is 10.2 Å². The number of benzene rings is 1. The van der Waals surface area contributed by atoms with E-state index in [-0.39, 0.29) is 41.0 Å². The van der Waals surface area contributed by atoms with Crippen molar-refractivity contribution in [1.82, 2.24) is 4.90 Å². The molecule has 1 saturated heterocycles. The van der Waals surface area contributed by atoms with Crippen LogP contribution in [-0.4, -0.2) is 59.2 Å². The van der Waals surface area contributed by atoms with Crippen molar-refractivity contribution in [2.24, 2.45) is 11.3 Å². The van der Waals surface area contributed by atoms with Gasteiger partial charge in [0.05, 0.1) is 11.0 Å². The van der Waals surface area contributed by atoms with E-state index in [1.165, 1.54) is 11.1 Å². The lowest BCUT2D eigenvalue weighted by Crippen LogP contribution is -2.80. The number of nitrogens with zero attached hydrogens (tertiary/aromatic N) is 1. The number of methoxy groups -OCH3 is 1. The lowest BCUT2D eigenvalue weighted by Gasteiger charge is -2.72. The second-order valence-electron chi connectivity index (χ2n) is 10.7. The number of phenols is 1. The smallest absolute Gasteiger partial charge is 0.165 e. The van der Waals surface area contributed by atoms with Crippen molar-refractivity contribution in [2.75, 3.05) is 20.7 Å². The van der Waals surface area contributed by atoms with Crippen LogP contribution in [0.15, 0.2) is 24.3 Å². The highest BCUT2D eigenvalue weighted by molar-refractivity contribution is 5.85. The molecule has 31 heavy (non-hydrogen) atoms. The third kappa shape index (κ3) is 2.15. The number of hydrogen-bond donors (Lipinski definition) is 2. The zero-order valence-corrected chi connectivity index (χ0v) is 19.7. The second kappa shape index (κ2) is 6.40. The fraction of sp³-hybridized carbons (Fsp3) is 0.680. The van der Waals surface area contributed by atoms with Gasteiger partial charge in [0.25, 0.3) is 0 Å². The predicted molar refractivity (Wildman–Crippen MR) is 121 cm³/mol. The Bertz CT molecular complexity index is 963. The zero-order valence-electron chi connectivity index (χ0n) is 18.9. The highest BCUT2D eigenvalue weighted by Crippen LogP contribution is 2.75. The van der Waals surface area contributed by atoms with Crippen molar-refractivity contribution in [3.63, 3.8) is 0 Å². The Morgan fingerprint density at radius 1 is 1.32 bits per heavy atom. The third-order valence-electron chi connectivity index (χ3n) is 9.58. The summed E-state index contributed by atoms with van der Waals surface area (Å²) in [5, 5.41) is 22.4. The van der Waals surface area contributed by atoms with Gasteiger partial charge in [-0.15, -0.1) is 12.4 Å². The number of rotatable bonds is 4. The first-order valence-corrected chi connectivity index (χ1v) is 11.5. The molecule has 2 spiro atoms. The molecule has 0 radical (unpaired) electrons. The predicted octanol–water partition coefficient (Wildman–Crippen LogP) is 3.59. The molecular weight excluding hydrogens is 414 g/mol. The van der Waals surface area contributed by atoms with Crippen LogP contribution in [0.4, 0.5) is 0 Å². The minimum absolute atomic E-state index is 0. The van der Waals surface area contributed by atoms with Gasteiger partial charge in [-0.1, -0.05) is 31.6 Å². The maximum absolute atomic E-state index is 11.7. The number of hydrogen-bond acceptors (Lipinski definition) is 5. The van der Waals surface area contributed by atoms with Crippen LogP contribution in [0.2, 0.25) is 0 Å². The quantitative estimate of drug-likeness (QED) is 0.691. The molecule has 6 heteroatoms. The van der Waals surface area contributed by atoms with Gasteiger partial charge in [0.2, 0.25) is 0 Å². The van der Waals surface area contributed by atoms with Gasteiger partial charge in [0.15, 0.2) is 11.5 Å². The zero-order chi connectivity index (χ0) is 21.1. The number of phenolic OH excluding ortho intramolecular Hbond substituents is 1. The Morgan fingerprint density at radius 2 is 2.10 bits per heavy atom. The van der Waals surface area contributed by atoms with Gasteiger partial charge in [-0.2, -0.15) is 0 Å². The van der Waals surface area contributed by atoms with Crippen LogP contribution in [0, 0.1) is 11.3 Å². The molecular formula is C25H34ClNO4. The monoisotopic (exact) mass is 447 g/mol. The van der Waals surface area contributed by atoms with E-state index in [1.807, 2.05) is 6.92 Å². The number of ether oxygens (including phenoxy) is 2. The highest BCUT2D eigenvalue weighted by atomic mass is 35.5. The molecule has 1 aromatic carbocycles. The Morgan fingerprint density at radius 3 is 2.81 bits per heavy atom. The van der Waals surface area contributed by atoms with E-state index in [4.69, 9.17) is 9.47 Å². The molecule has 2 N–H and O–H groups in total. The molecule has 5 nitrogen and oxygen atoms in total. The maximum atomic E-state index is 11.7. The summed E-state index contributed by atoms with van der Waals surface area (Å²) in [4.78, 5) is 2.51. The summed E-state index contributed by atoms with van der Waals surface area (Å²) in [7, 11) is 4.00. The van der Waals surface area contributed by atoms with Crippen LogP contribution < -0.4 is 4.74 Å². The minimum atomic E-state index is -0.850. The van der Waals surface area contributed by atoms with E-state index in [1.54, 1.807) is 13.2 Å². The topological polar surface area (TPSA) is 62.2 Å². The first kappa shape index (κ1) is 21.6. The van der Waals surface area contributed by atoms with Gasteiger partial charge < -0.3 is 24.6 Å². The average molecular weight is 448 g/mol. The lowest BCUT2D eigenvalue weighted by molar-refractivity contribution is -0.247. The normalized spacial score (nSPS) is 43.1. The molecule has 2 aliphatic heterocycles. The van der Waals surface area contributed by atoms with Crippen LogP contribution in [0.1, 0.15) is 50.7 Å². The van der Waals surface area contributed by atoms with Crippen LogP contribution in [0.3, 0.4) is 0 Å². The fourth-order valence-electron chi connectivity index (χ4n) is 8.44. The Balaban J connectivity index is 0.00000204. The van der Waals surface area contributed by atoms with Crippen LogP contribution in [-0.2, 0) is 16.6 Å². The van der Waals surface area contributed by atoms with Gasteiger partial charge in [-0.05, 0) is 57.8 Å². The van der Waals surface area contributed by atoms with Crippen molar-refractivity contribution in [2.45, 2.75) is 74.7 Å². The maximum Gasteiger partial charge on any atom is 0.165 e. The Hall–Kier alpha value is -1.27. The van der Waals surface area contributed by atoms with E-state index >= 15 is 0 Å². The van der Waals surface area contributed by atoms with Crippen molar-refractivity contribution < 1.29 is 19.7 Å². The van der Waals surface area contributed by atoms with Gasteiger partial charge >= 0.3 is 0 Å². The summed E-state index contributed by atoms with van der Waals surface area (Å²) in [6.45, 7) is 5.11. The average Bonchev–Trinajstić information content (AvgIpc) is 3.09. The summed E-state index contributed by atoms with van der Waals surface area (Å²) in [6.07, 6.45) is 8.86. The number of likely N-dealkylation sites (tertiary alicyclic amines) is 1. The largest absolute Gasteiger partial charge is 0.504 e. The second-order valence-corrected chi connectivity index (χ2v) is 10.7. The molecule has 170 valence electrons. The number of fused-ring (bicyclic) bond motifs is 1. The Labute approximate surface area is 190 Å². The van der Waals surface area contributed by atoms with Crippen LogP contribution >= 0.6 is 12.4 Å². The van der Waals surface area contributed by atoms with E-state index in [0.29, 0.717) is 11.8 Å². The molecule has 6 aliphatic rings. The molecule has 2 fully saturated rings. The van der Waals surface area contributed by atoms with Crippen LogP contribution in [0.5, 0.6) is 11.5 Å². The molecule has 0 amide bonds. The molecule has 4 unspecified atom stereocenters. The van der Waals surface area contributed by atoms with Gasteiger partial charge in [0.1, 0.15) is 11.7 Å². The van der Waals surface area contributed by atoms with Crippen molar-refractivity contribution in [1.29, 1.82) is 0 Å². The van der Waals surface area contributed by atoms with Crippen molar-refractivity contribution >= 4 is 12.4 Å². The first-order chi connectivity index (χ1) is 14.3. The summed E-state index contributed by atoms with van der Waals surface area (Å²) in [5.74, 6) is 0.823. The Kier molecular flexibility index (Phi) is 4.46. The third-order valence-corrected chi connectivity index (χ3v) is 9.58. The number of aromatic hydroxyl groups is 1. The summed E-state index contributed by atoms with van der Waals surface area (Å²) < 4.78 is 13.1. The molecule has 4 bridgehead atoms. The molecule has 0 aromatic heterocycles. The van der Waals surface area contributed by atoms with Crippen LogP contribution in [0.25, 0.3) is 0 Å². The molecule has 7 rings (SSSR count). The fourth-order valence-corrected chi connectivity index (χ4v) is 8.44. The van der Waals surface area contributed by atoms with E-state index in [2.05, 4.69) is 37.1 Å². The van der Waals surface area contributed by atoms with Gasteiger partial charge in [-0.3, -0.25) is 0 Å².